The smallest absolute Gasteiger partial charge is 0.292 e. The van der Waals surface area contributed by atoms with Crippen LogP contribution in [0, 0.1) is 10.1 Å². The van der Waals surface area contributed by atoms with Crippen LogP contribution in [0.25, 0.3) is 0 Å². The summed E-state index contributed by atoms with van der Waals surface area (Å²) in [6, 6.07) is 6.15. The van der Waals surface area contributed by atoms with Gasteiger partial charge in [0.05, 0.1) is 17.1 Å². The van der Waals surface area contributed by atoms with E-state index in [-0.39, 0.29) is 12.3 Å². The van der Waals surface area contributed by atoms with E-state index >= 15 is 0 Å². The van der Waals surface area contributed by atoms with E-state index in [4.69, 9.17) is 4.52 Å². The fourth-order valence-electron chi connectivity index (χ4n) is 1.18. The first-order chi connectivity index (χ1) is 8.02. The lowest BCUT2D eigenvalue weighted by Crippen LogP contribution is -2.05. The highest BCUT2D eigenvalue weighted by molar-refractivity contribution is 7.60. The minimum absolute atomic E-state index is 0.0563. The molecule has 1 atom stereocenters. The van der Waals surface area contributed by atoms with Crippen LogP contribution in [-0.4, -0.2) is 12.0 Å². The van der Waals surface area contributed by atoms with Crippen molar-refractivity contribution in [3.8, 4) is 0 Å². The standard InChI is InChI=1S/C10H13N2O4P/c1-3-17(15,11-2)16-8-9-6-4-5-7-10(9)12(13)14/h3-7H,1,8H2,2H3,(H,11,15). The van der Waals surface area contributed by atoms with Gasteiger partial charge in [0.15, 0.2) is 0 Å². The molecular weight excluding hydrogens is 243 g/mol. The van der Waals surface area contributed by atoms with E-state index in [2.05, 4.69) is 11.7 Å². The summed E-state index contributed by atoms with van der Waals surface area (Å²) in [6.45, 7) is 3.28. The van der Waals surface area contributed by atoms with E-state index in [1.54, 1.807) is 18.2 Å². The lowest BCUT2D eigenvalue weighted by molar-refractivity contribution is -0.385. The van der Waals surface area contributed by atoms with E-state index in [0.29, 0.717) is 5.56 Å². The van der Waals surface area contributed by atoms with Gasteiger partial charge in [-0.1, -0.05) is 18.7 Å². The van der Waals surface area contributed by atoms with E-state index in [1.165, 1.54) is 18.9 Å². The van der Waals surface area contributed by atoms with Gasteiger partial charge < -0.3 is 4.52 Å². The number of benzene rings is 1. The quantitative estimate of drug-likeness (QED) is 0.480. The van der Waals surface area contributed by atoms with Crippen LogP contribution in [0.5, 0.6) is 0 Å². The van der Waals surface area contributed by atoms with Crippen LogP contribution in [-0.2, 0) is 15.7 Å². The lowest BCUT2D eigenvalue weighted by Gasteiger charge is -2.12. The highest BCUT2D eigenvalue weighted by Crippen LogP contribution is 2.43. The Morgan fingerprint density at radius 2 is 2.24 bits per heavy atom. The van der Waals surface area contributed by atoms with Crippen LogP contribution in [0.1, 0.15) is 5.56 Å². The molecule has 6 nitrogen and oxygen atoms in total. The predicted molar refractivity (Wildman–Crippen MR) is 64.7 cm³/mol. The largest absolute Gasteiger partial charge is 0.310 e. The molecule has 0 spiro atoms. The highest BCUT2D eigenvalue weighted by atomic mass is 31.2. The van der Waals surface area contributed by atoms with Crippen LogP contribution in [0.3, 0.4) is 0 Å². The number of nitrogens with one attached hydrogen (secondary N) is 1. The second kappa shape index (κ2) is 5.72. The van der Waals surface area contributed by atoms with E-state index in [0.717, 1.165) is 0 Å². The summed E-state index contributed by atoms with van der Waals surface area (Å²) in [6.07, 6.45) is 0. The Morgan fingerprint density at radius 1 is 1.59 bits per heavy atom. The fourth-order valence-corrected chi connectivity index (χ4v) is 1.93. The molecule has 1 N–H and O–H groups in total. The Labute approximate surface area is 99.0 Å². The number of nitro benzene ring substituents is 1. The Morgan fingerprint density at radius 3 is 2.76 bits per heavy atom. The van der Waals surface area contributed by atoms with Gasteiger partial charge in [0.25, 0.3) is 13.2 Å². The molecule has 0 fully saturated rings. The van der Waals surface area contributed by atoms with E-state index < -0.39 is 12.4 Å². The lowest BCUT2D eigenvalue weighted by atomic mass is 10.2. The minimum atomic E-state index is -3.11. The Kier molecular flexibility index (Phi) is 4.57. The van der Waals surface area contributed by atoms with Crippen molar-refractivity contribution in [2.75, 3.05) is 7.05 Å². The van der Waals surface area contributed by atoms with Gasteiger partial charge in [0.1, 0.15) is 0 Å². The first-order valence-corrected chi connectivity index (χ1v) is 6.51. The second-order valence-electron chi connectivity index (χ2n) is 3.16. The molecule has 0 aliphatic heterocycles. The zero-order valence-electron chi connectivity index (χ0n) is 9.33. The molecule has 0 aliphatic carbocycles. The Bertz CT molecular complexity index is 475. The third-order valence-electron chi connectivity index (χ3n) is 2.15. The maximum absolute atomic E-state index is 11.8. The molecule has 7 heteroatoms. The first kappa shape index (κ1) is 13.6. The van der Waals surface area contributed by atoms with Crippen LogP contribution in [0.2, 0.25) is 0 Å². The number of hydrogen-bond acceptors (Lipinski definition) is 4. The van der Waals surface area contributed by atoms with E-state index in [9.17, 15) is 14.7 Å². The van der Waals surface area contributed by atoms with Crippen molar-refractivity contribution in [1.29, 1.82) is 0 Å². The summed E-state index contributed by atoms with van der Waals surface area (Å²) in [5.41, 5.74) is 0.314. The van der Waals surface area contributed by atoms with Crippen LogP contribution < -0.4 is 5.09 Å². The molecule has 1 unspecified atom stereocenters. The van der Waals surface area contributed by atoms with Gasteiger partial charge in [0.2, 0.25) is 0 Å². The summed E-state index contributed by atoms with van der Waals surface area (Å²) < 4.78 is 16.9. The van der Waals surface area contributed by atoms with Gasteiger partial charge in [-0.25, -0.2) is 5.09 Å². The third kappa shape index (κ3) is 3.49. The van der Waals surface area contributed by atoms with Crippen molar-refractivity contribution in [2.45, 2.75) is 6.61 Å². The normalized spacial score (nSPS) is 13.9. The molecule has 0 aliphatic rings. The number of hydrogen-bond donors (Lipinski definition) is 1. The zero-order chi connectivity index (χ0) is 12.9. The number of rotatable bonds is 6. The molecule has 0 amide bonds. The summed E-state index contributed by atoms with van der Waals surface area (Å²) in [5, 5.41) is 13.2. The van der Waals surface area contributed by atoms with Gasteiger partial charge >= 0.3 is 0 Å². The van der Waals surface area contributed by atoms with Crippen LogP contribution >= 0.6 is 7.52 Å². The summed E-state index contributed by atoms with van der Waals surface area (Å²) in [7, 11) is -1.63. The molecule has 1 rings (SSSR count). The van der Waals surface area contributed by atoms with Crippen molar-refractivity contribution < 1.29 is 14.0 Å². The SMILES string of the molecule is C=CP(=O)(NC)OCc1ccccc1[N+](=O)[O-]. The van der Waals surface area contributed by atoms with Crippen molar-refractivity contribution in [2.24, 2.45) is 0 Å². The maximum atomic E-state index is 11.8. The van der Waals surface area contributed by atoms with Crippen molar-refractivity contribution in [3.63, 3.8) is 0 Å². The van der Waals surface area contributed by atoms with Crippen molar-refractivity contribution >= 4 is 13.2 Å². The zero-order valence-corrected chi connectivity index (χ0v) is 10.2. The monoisotopic (exact) mass is 256 g/mol. The molecule has 0 bridgehead atoms. The summed E-state index contributed by atoms with van der Waals surface area (Å²) >= 11 is 0. The Hall–Kier alpha value is -1.49. The number of para-hydroxylation sites is 1. The average Bonchev–Trinajstić information content (AvgIpc) is 2.36. The van der Waals surface area contributed by atoms with Crippen molar-refractivity contribution in [1.82, 2.24) is 5.09 Å². The molecule has 0 saturated carbocycles. The topological polar surface area (TPSA) is 81.5 Å². The van der Waals surface area contributed by atoms with Gasteiger partial charge in [-0.3, -0.25) is 14.7 Å². The summed E-state index contributed by atoms with van der Waals surface area (Å²) in [5.74, 6) is 1.17. The van der Waals surface area contributed by atoms with Crippen molar-refractivity contribution in [3.05, 3.63) is 52.3 Å². The van der Waals surface area contributed by atoms with Gasteiger partial charge in [-0.15, -0.1) is 0 Å². The fraction of sp³-hybridized carbons (Fsp3) is 0.200. The molecule has 1 aromatic rings. The van der Waals surface area contributed by atoms with Gasteiger partial charge in [-0.2, -0.15) is 0 Å². The molecule has 0 saturated heterocycles. The molecule has 1 aromatic carbocycles. The van der Waals surface area contributed by atoms with Crippen LogP contribution in [0.15, 0.2) is 36.7 Å². The third-order valence-corrected chi connectivity index (χ3v) is 3.77. The second-order valence-corrected chi connectivity index (χ2v) is 5.43. The predicted octanol–water partition coefficient (Wildman–Crippen LogP) is 2.67. The molecular formula is C10H13N2O4P. The van der Waals surface area contributed by atoms with Crippen LogP contribution in [0.4, 0.5) is 5.69 Å². The number of nitrogens with zero attached hydrogens (tertiary/aromatic N) is 1. The molecule has 0 radical (unpaired) electrons. The molecule has 92 valence electrons. The minimum Gasteiger partial charge on any atom is -0.310 e. The summed E-state index contributed by atoms with van der Waals surface area (Å²) in [4.78, 5) is 10.2. The maximum Gasteiger partial charge on any atom is 0.292 e. The first-order valence-electron chi connectivity index (χ1n) is 4.81. The average molecular weight is 256 g/mol. The molecule has 17 heavy (non-hydrogen) atoms. The molecule has 0 heterocycles. The molecule has 0 aromatic heterocycles. The van der Waals surface area contributed by atoms with E-state index in [1.807, 2.05) is 0 Å². The Balaban J connectivity index is 2.86. The van der Waals surface area contributed by atoms with Gasteiger partial charge in [-0.05, 0) is 13.1 Å². The number of nitro groups is 1. The van der Waals surface area contributed by atoms with Gasteiger partial charge in [0, 0.05) is 11.9 Å². The highest BCUT2D eigenvalue weighted by Gasteiger charge is 2.19.